The summed E-state index contributed by atoms with van der Waals surface area (Å²) in [6.07, 6.45) is 5.43. The summed E-state index contributed by atoms with van der Waals surface area (Å²) in [6, 6.07) is 4.72. The van der Waals surface area contributed by atoms with E-state index >= 15 is 0 Å². The molecule has 140 valence electrons. The van der Waals surface area contributed by atoms with Crippen molar-refractivity contribution in [2.45, 2.75) is 31.0 Å². The predicted octanol–water partition coefficient (Wildman–Crippen LogP) is 2.07. The maximum atomic E-state index is 13.1. The Balaban J connectivity index is 1.43. The average molecular weight is 383 g/mol. The molecule has 3 aromatic rings. The van der Waals surface area contributed by atoms with Gasteiger partial charge in [0.05, 0.1) is 24.3 Å². The number of carbonyl (C=O) groups is 1. The molecule has 0 radical (unpaired) electrons. The van der Waals surface area contributed by atoms with Crippen molar-refractivity contribution in [3.63, 3.8) is 0 Å². The first-order valence-corrected chi connectivity index (χ1v) is 10.1. The highest BCUT2D eigenvalue weighted by Crippen LogP contribution is 2.27. The van der Waals surface area contributed by atoms with Gasteiger partial charge in [0.2, 0.25) is 0 Å². The predicted molar refractivity (Wildman–Crippen MR) is 103 cm³/mol. The van der Waals surface area contributed by atoms with Gasteiger partial charge in [0.1, 0.15) is 11.5 Å². The van der Waals surface area contributed by atoms with Crippen LogP contribution in [0.3, 0.4) is 0 Å². The zero-order valence-corrected chi connectivity index (χ0v) is 15.9. The second-order valence-corrected chi connectivity index (χ2v) is 8.01. The molecule has 2 saturated heterocycles. The van der Waals surface area contributed by atoms with Crippen LogP contribution in [0.4, 0.5) is 0 Å². The molecule has 2 unspecified atom stereocenters. The van der Waals surface area contributed by atoms with Crippen LogP contribution in [0, 0.1) is 0 Å². The fraction of sp³-hybridized carbons (Fsp3) is 0.421. The molecule has 2 aliphatic rings. The Kier molecular flexibility index (Phi) is 4.18. The van der Waals surface area contributed by atoms with Crippen molar-refractivity contribution in [2.24, 2.45) is 0 Å². The number of morpholine rings is 1. The Hall–Kier alpha value is -2.29. The molecule has 5 heterocycles. The third-order valence-electron chi connectivity index (χ3n) is 5.69. The zero-order valence-electron chi connectivity index (χ0n) is 15.0. The standard InChI is InChI=1S/C19H21N5O2S/c1-23-13-5-12(6-14(23)9-26-8-13)22-19(25)16-7-24(17-10-27-11-21-17)18-15(16)3-2-4-20-18/h2-4,7,10-14H,5-6,8-9H2,1H3,(H,22,25). The van der Waals surface area contributed by atoms with E-state index < -0.39 is 0 Å². The SMILES string of the molecule is CN1C2COCC1CC(NC(=O)c1cn(-c3cscn3)c3ncccc13)C2. The van der Waals surface area contributed by atoms with E-state index in [4.69, 9.17) is 4.74 Å². The lowest BCUT2D eigenvalue weighted by Gasteiger charge is -2.46. The molecule has 27 heavy (non-hydrogen) atoms. The molecule has 8 heteroatoms. The van der Waals surface area contributed by atoms with Crippen LogP contribution < -0.4 is 5.32 Å². The van der Waals surface area contributed by atoms with E-state index in [0.717, 1.165) is 42.9 Å². The number of fused-ring (bicyclic) bond motifs is 3. The van der Waals surface area contributed by atoms with Gasteiger partial charge in [0.15, 0.2) is 0 Å². The highest BCUT2D eigenvalue weighted by molar-refractivity contribution is 7.07. The van der Waals surface area contributed by atoms with Gasteiger partial charge < -0.3 is 10.1 Å². The first-order chi connectivity index (χ1) is 13.2. The minimum absolute atomic E-state index is 0.0458. The summed E-state index contributed by atoms with van der Waals surface area (Å²) in [6.45, 7) is 1.48. The number of amides is 1. The number of ether oxygens (including phenoxy) is 1. The molecule has 2 aliphatic heterocycles. The average Bonchev–Trinajstić information content (AvgIpc) is 3.30. The Labute approximate surface area is 161 Å². The fourth-order valence-corrected chi connectivity index (χ4v) is 4.74. The molecule has 2 bridgehead atoms. The van der Waals surface area contributed by atoms with Crippen LogP contribution in [-0.4, -0.2) is 63.7 Å². The monoisotopic (exact) mass is 383 g/mol. The van der Waals surface area contributed by atoms with Gasteiger partial charge in [-0.2, -0.15) is 0 Å². The lowest BCUT2D eigenvalue weighted by Crippen LogP contribution is -2.59. The van der Waals surface area contributed by atoms with E-state index in [9.17, 15) is 4.79 Å². The normalized spacial score (nSPS) is 25.6. The molecule has 1 N–H and O–H groups in total. The quantitative estimate of drug-likeness (QED) is 0.750. The second kappa shape index (κ2) is 6.70. The Morgan fingerprint density at radius 1 is 1.30 bits per heavy atom. The number of likely N-dealkylation sites (N-methyl/N-ethyl adjacent to an activating group) is 1. The van der Waals surface area contributed by atoms with E-state index in [2.05, 4.69) is 27.2 Å². The molecule has 5 rings (SSSR count). The summed E-state index contributed by atoms with van der Waals surface area (Å²) < 4.78 is 7.56. The number of nitrogens with zero attached hydrogens (tertiary/aromatic N) is 4. The van der Waals surface area contributed by atoms with Gasteiger partial charge in [-0.05, 0) is 32.0 Å². The summed E-state index contributed by atoms with van der Waals surface area (Å²) in [7, 11) is 2.16. The van der Waals surface area contributed by atoms with Crippen LogP contribution >= 0.6 is 11.3 Å². The molecule has 3 aromatic heterocycles. The summed E-state index contributed by atoms with van der Waals surface area (Å²) in [5.41, 5.74) is 3.18. The largest absolute Gasteiger partial charge is 0.378 e. The van der Waals surface area contributed by atoms with Gasteiger partial charge in [0, 0.05) is 41.3 Å². The summed E-state index contributed by atoms with van der Waals surface area (Å²) in [5, 5.41) is 6.05. The number of carbonyl (C=O) groups excluding carboxylic acids is 1. The molecule has 0 aliphatic carbocycles. The number of nitrogens with one attached hydrogen (secondary N) is 1. The molecular formula is C19H21N5O2S. The topological polar surface area (TPSA) is 72.3 Å². The summed E-state index contributed by atoms with van der Waals surface area (Å²) >= 11 is 1.52. The first-order valence-electron chi connectivity index (χ1n) is 9.16. The van der Waals surface area contributed by atoms with Crippen LogP contribution in [0.2, 0.25) is 0 Å². The minimum Gasteiger partial charge on any atom is -0.378 e. The fourth-order valence-electron chi connectivity index (χ4n) is 4.22. The molecule has 0 spiro atoms. The number of pyridine rings is 1. The molecule has 0 saturated carbocycles. The minimum atomic E-state index is -0.0458. The lowest BCUT2D eigenvalue weighted by molar-refractivity contribution is -0.0670. The van der Waals surface area contributed by atoms with Gasteiger partial charge in [0.25, 0.3) is 5.91 Å². The van der Waals surface area contributed by atoms with Crippen molar-refractivity contribution in [3.8, 4) is 5.82 Å². The summed E-state index contributed by atoms with van der Waals surface area (Å²) in [5.74, 6) is 0.740. The van der Waals surface area contributed by atoms with Crippen LogP contribution in [0.5, 0.6) is 0 Å². The maximum Gasteiger partial charge on any atom is 0.253 e. The van der Waals surface area contributed by atoms with E-state index in [0.29, 0.717) is 17.6 Å². The van der Waals surface area contributed by atoms with E-state index in [1.807, 2.05) is 28.3 Å². The van der Waals surface area contributed by atoms with Crippen LogP contribution in [0.15, 0.2) is 35.4 Å². The van der Waals surface area contributed by atoms with Crippen LogP contribution in [-0.2, 0) is 4.74 Å². The third-order valence-corrected chi connectivity index (χ3v) is 6.27. The van der Waals surface area contributed by atoms with Crippen LogP contribution in [0.1, 0.15) is 23.2 Å². The Bertz CT molecular complexity index is 956. The number of piperidine rings is 1. The molecule has 1 amide bonds. The van der Waals surface area contributed by atoms with Gasteiger partial charge in [-0.25, -0.2) is 9.97 Å². The van der Waals surface area contributed by atoms with Gasteiger partial charge in [-0.1, -0.05) is 0 Å². The second-order valence-electron chi connectivity index (χ2n) is 7.29. The molecule has 2 fully saturated rings. The lowest BCUT2D eigenvalue weighted by atomic mass is 9.90. The van der Waals surface area contributed by atoms with E-state index in [1.165, 1.54) is 11.3 Å². The Morgan fingerprint density at radius 3 is 2.85 bits per heavy atom. The van der Waals surface area contributed by atoms with Crippen LogP contribution in [0.25, 0.3) is 16.9 Å². The van der Waals surface area contributed by atoms with E-state index in [-0.39, 0.29) is 11.9 Å². The molecule has 7 nitrogen and oxygen atoms in total. The molecule has 2 atom stereocenters. The van der Waals surface area contributed by atoms with Crippen molar-refractivity contribution in [1.29, 1.82) is 0 Å². The smallest absolute Gasteiger partial charge is 0.253 e. The molecular weight excluding hydrogens is 362 g/mol. The first kappa shape index (κ1) is 16.9. The van der Waals surface area contributed by atoms with Gasteiger partial charge in [-0.15, -0.1) is 11.3 Å². The summed E-state index contributed by atoms with van der Waals surface area (Å²) in [4.78, 5) is 24.3. The van der Waals surface area contributed by atoms with Crippen molar-refractivity contribution >= 4 is 28.3 Å². The van der Waals surface area contributed by atoms with E-state index in [1.54, 1.807) is 11.7 Å². The Morgan fingerprint density at radius 2 is 2.11 bits per heavy atom. The number of hydrogen-bond acceptors (Lipinski definition) is 6. The number of thiazole rings is 1. The number of aromatic nitrogens is 3. The zero-order chi connectivity index (χ0) is 18.4. The highest BCUT2D eigenvalue weighted by Gasteiger charge is 2.37. The van der Waals surface area contributed by atoms with Gasteiger partial charge in [-0.3, -0.25) is 14.3 Å². The highest BCUT2D eigenvalue weighted by atomic mass is 32.1. The third kappa shape index (κ3) is 2.93. The number of hydrogen-bond donors (Lipinski definition) is 1. The van der Waals surface area contributed by atoms with Crippen molar-refractivity contribution in [2.75, 3.05) is 20.3 Å². The van der Waals surface area contributed by atoms with Gasteiger partial charge >= 0.3 is 0 Å². The van der Waals surface area contributed by atoms with Crippen molar-refractivity contribution in [3.05, 3.63) is 41.0 Å². The number of rotatable bonds is 3. The maximum absolute atomic E-state index is 13.1. The van der Waals surface area contributed by atoms with Crippen molar-refractivity contribution in [1.82, 2.24) is 24.8 Å². The molecule has 0 aromatic carbocycles. The van der Waals surface area contributed by atoms with Crippen molar-refractivity contribution < 1.29 is 9.53 Å².